The summed E-state index contributed by atoms with van der Waals surface area (Å²) in [4.78, 5) is 27.3. The molecule has 2 fully saturated rings. The minimum Gasteiger partial charge on any atom is -0.451 e. The van der Waals surface area contributed by atoms with E-state index >= 15 is 0 Å². The molecule has 0 spiro atoms. The summed E-state index contributed by atoms with van der Waals surface area (Å²) in [6.45, 7) is 1.93. The molecular formula is C27H30N2O5S. The van der Waals surface area contributed by atoms with Crippen LogP contribution in [0.1, 0.15) is 54.6 Å². The summed E-state index contributed by atoms with van der Waals surface area (Å²) in [5, 5.41) is 3.23. The van der Waals surface area contributed by atoms with Crippen molar-refractivity contribution in [2.45, 2.75) is 55.2 Å². The minimum absolute atomic E-state index is 0.0442. The second-order valence-electron chi connectivity index (χ2n) is 9.53. The number of benzene rings is 2. The third kappa shape index (κ3) is 4.98. The Morgan fingerprint density at radius 3 is 2.31 bits per heavy atom. The molecule has 0 atom stereocenters. The molecule has 1 N–H and O–H groups in total. The van der Waals surface area contributed by atoms with E-state index in [1.165, 1.54) is 0 Å². The number of rotatable bonds is 6. The topological polar surface area (TPSA) is 96.7 Å². The second-order valence-corrected chi connectivity index (χ2v) is 11.8. The molecule has 35 heavy (non-hydrogen) atoms. The smallest absolute Gasteiger partial charge is 0.287 e. The van der Waals surface area contributed by atoms with Crippen LogP contribution in [-0.2, 0) is 21.2 Å². The Balaban J connectivity index is 1.16. The molecule has 1 aliphatic heterocycles. The van der Waals surface area contributed by atoms with Crippen LogP contribution in [0.3, 0.4) is 0 Å². The Hall–Kier alpha value is -3.13. The van der Waals surface area contributed by atoms with Crippen molar-refractivity contribution in [3.8, 4) is 0 Å². The summed E-state index contributed by atoms with van der Waals surface area (Å²) < 4.78 is 32.0. The van der Waals surface area contributed by atoms with Gasteiger partial charge in [-0.1, -0.05) is 30.3 Å². The van der Waals surface area contributed by atoms with E-state index in [1.807, 2.05) is 29.2 Å². The summed E-state index contributed by atoms with van der Waals surface area (Å²) in [5.74, 6) is 0.0760. The zero-order valence-corrected chi connectivity index (χ0v) is 20.4. The maximum absolute atomic E-state index is 13.2. The third-order valence-corrected chi connectivity index (χ3v) is 9.51. The summed E-state index contributed by atoms with van der Waals surface area (Å²) >= 11 is 0. The van der Waals surface area contributed by atoms with E-state index in [-0.39, 0.29) is 30.0 Å². The highest BCUT2D eigenvalue weighted by atomic mass is 32.2. The zero-order chi connectivity index (χ0) is 24.4. The van der Waals surface area contributed by atoms with E-state index in [9.17, 15) is 18.0 Å². The molecule has 0 bridgehead atoms. The number of carbonyl (C=O) groups is 2. The molecule has 2 aromatic carbocycles. The van der Waals surface area contributed by atoms with Crippen LogP contribution in [0.15, 0.2) is 63.9 Å². The highest BCUT2D eigenvalue weighted by Gasteiger charge is 2.36. The van der Waals surface area contributed by atoms with Gasteiger partial charge in [0.2, 0.25) is 5.91 Å². The van der Waals surface area contributed by atoms with Gasteiger partial charge < -0.3 is 14.6 Å². The largest absolute Gasteiger partial charge is 0.451 e. The molecular weight excluding hydrogens is 464 g/mol. The third-order valence-electron chi connectivity index (χ3n) is 7.23. The number of likely N-dealkylation sites (tertiary alicyclic amines) is 1. The number of para-hydroxylation sites is 1. The molecule has 2 heterocycles. The molecule has 0 unspecified atom stereocenters. The van der Waals surface area contributed by atoms with Crippen LogP contribution in [0.25, 0.3) is 11.0 Å². The number of nitrogens with zero attached hydrogens (tertiary/aromatic N) is 1. The Bertz CT molecular complexity index is 1280. The van der Waals surface area contributed by atoms with Gasteiger partial charge >= 0.3 is 0 Å². The van der Waals surface area contributed by atoms with Gasteiger partial charge in [-0.3, -0.25) is 9.59 Å². The molecule has 184 valence electrons. The monoisotopic (exact) mass is 494 g/mol. The lowest BCUT2D eigenvalue weighted by molar-refractivity contribution is -0.135. The normalized spacial score (nSPS) is 20.7. The first-order valence-corrected chi connectivity index (χ1v) is 13.8. The van der Waals surface area contributed by atoms with E-state index in [2.05, 4.69) is 5.32 Å². The first-order chi connectivity index (χ1) is 16.9. The van der Waals surface area contributed by atoms with Crippen LogP contribution in [-0.4, -0.2) is 43.5 Å². The molecule has 2 amide bonds. The fourth-order valence-electron chi connectivity index (χ4n) is 5.17. The van der Waals surface area contributed by atoms with Crippen LogP contribution < -0.4 is 5.32 Å². The summed E-state index contributed by atoms with van der Waals surface area (Å²) in [6.07, 6.45) is 4.42. The van der Waals surface area contributed by atoms with Crippen LogP contribution in [0.2, 0.25) is 0 Å². The maximum Gasteiger partial charge on any atom is 0.287 e. The van der Waals surface area contributed by atoms with E-state index in [1.54, 1.807) is 30.3 Å². The van der Waals surface area contributed by atoms with Crippen LogP contribution >= 0.6 is 0 Å². The molecule has 1 saturated heterocycles. The van der Waals surface area contributed by atoms with Gasteiger partial charge in [0.05, 0.1) is 10.1 Å². The van der Waals surface area contributed by atoms with E-state index < -0.39 is 15.1 Å². The quantitative estimate of drug-likeness (QED) is 0.551. The van der Waals surface area contributed by atoms with Crippen molar-refractivity contribution in [3.63, 3.8) is 0 Å². The van der Waals surface area contributed by atoms with Crippen molar-refractivity contribution in [2.24, 2.45) is 5.92 Å². The van der Waals surface area contributed by atoms with E-state index in [0.717, 1.165) is 36.9 Å². The van der Waals surface area contributed by atoms with Gasteiger partial charge in [-0.25, -0.2) is 8.42 Å². The number of fused-ring (bicyclic) bond motifs is 1. The average Bonchev–Trinajstić information content (AvgIpc) is 3.58. The number of carbonyl (C=O) groups excluding carboxylic acids is 2. The fourth-order valence-corrected chi connectivity index (χ4v) is 6.96. The van der Waals surface area contributed by atoms with Crippen molar-refractivity contribution in [2.75, 3.05) is 13.1 Å². The van der Waals surface area contributed by atoms with E-state index in [4.69, 9.17) is 4.42 Å². The lowest BCUT2D eigenvalue weighted by atomic mass is 9.88. The number of hydrogen-bond acceptors (Lipinski definition) is 5. The van der Waals surface area contributed by atoms with Gasteiger partial charge in [-0.2, -0.15) is 0 Å². The summed E-state index contributed by atoms with van der Waals surface area (Å²) in [5.41, 5.74) is 1.45. The van der Waals surface area contributed by atoms with Crippen molar-refractivity contribution in [3.05, 3.63) is 65.9 Å². The molecule has 0 radical (unpaired) electrons. The van der Waals surface area contributed by atoms with Gasteiger partial charge in [0.15, 0.2) is 15.6 Å². The Labute approximate surface area is 205 Å². The summed E-state index contributed by atoms with van der Waals surface area (Å²) in [7, 11) is -3.46. The maximum atomic E-state index is 13.2. The lowest BCUT2D eigenvalue weighted by Gasteiger charge is -2.30. The number of amides is 2. The number of hydrogen-bond donors (Lipinski definition) is 1. The Morgan fingerprint density at radius 1 is 0.943 bits per heavy atom. The standard InChI is InChI=1S/C27H30N2O5S/c30-26(25-17-21-5-1-2-6-24(21)34-25)28-18-19-7-11-22(12-8-19)35(32,33)23-13-9-20(10-14-23)27(31)29-15-3-4-16-29/h1-2,5-8,11-12,17,20,23H,3-4,9-10,13-16,18H2,(H,28,30). The fraction of sp³-hybridized carbons (Fsp3) is 0.407. The van der Waals surface area contributed by atoms with Crippen molar-refractivity contribution in [1.82, 2.24) is 10.2 Å². The predicted octanol–water partition coefficient (Wildman–Crippen LogP) is 4.32. The van der Waals surface area contributed by atoms with Crippen molar-refractivity contribution in [1.29, 1.82) is 0 Å². The van der Waals surface area contributed by atoms with Gasteiger partial charge in [-0.15, -0.1) is 0 Å². The van der Waals surface area contributed by atoms with Crippen LogP contribution in [0.4, 0.5) is 0 Å². The molecule has 7 nitrogen and oxygen atoms in total. The molecule has 8 heteroatoms. The highest BCUT2D eigenvalue weighted by molar-refractivity contribution is 7.92. The minimum atomic E-state index is -3.46. The molecule has 2 aliphatic rings. The molecule has 5 rings (SSSR count). The SMILES string of the molecule is O=C(NCc1ccc(S(=O)(=O)C2CCC(C(=O)N3CCCC3)CC2)cc1)c1cc2ccccc2o1. The number of furan rings is 1. The summed E-state index contributed by atoms with van der Waals surface area (Å²) in [6, 6.07) is 15.8. The van der Waals surface area contributed by atoms with Crippen LogP contribution in [0, 0.1) is 5.92 Å². The first kappa shape index (κ1) is 23.6. The van der Waals surface area contributed by atoms with Crippen molar-refractivity contribution >= 4 is 32.6 Å². The van der Waals surface area contributed by atoms with Gasteiger partial charge in [0.1, 0.15) is 5.58 Å². The number of nitrogens with one attached hydrogen (secondary N) is 1. The Morgan fingerprint density at radius 2 is 1.63 bits per heavy atom. The van der Waals surface area contributed by atoms with Gasteiger partial charge in [-0.05, 0) is 68.4 Å². The predicted molar refractivity (Wildman–Crippen MR) is 133 cm³/mol. The first-order valence-electron chi connectivity index (χ1n) is 12.3. The highest BCUT2D eigenvalue weighted by Crippen LogP contribution is 2.33. The second kappa shape index (κ2) is 9.85. The van der Waals surface area contributed by atoms with Gasteiger partial charge in [0.25, 0.3) is 5.91 Å². The van der Waals surface area contributed by atoms with Crippen LogP contribution in [0.5, 0.6) is 0 Å². The number of sulfone groups is 1. The molecule has 1 saturated carbocycles. The Kier molecular flexibility index (Phi) is 6.65. The zero-order valence-electron chi connectivity index (χ0n) is 19.6. The average molecular weight is 495 g/mol. The lowest BCUT2D eigenvalue weighted by Crippen LogP contribution is -2.37. The van der Waals surface area contributed by atoms with Crippen molar-refractivity contribution < 1.29 is 22.4 Å². The van der Waals surface area contributed by atoms with Gasteiger partial charge in [0, 0.05) is 30.9 Å². The molecule has 1 aromatic heterocycles. The van der Waals surface area contributed by atoms with E-state index in [0.29, 0.717) is 36.2 Å². The molecule has 1 aliphatic carbocycles. The molecule has 3 aromatic rings.